The molecule has 0 aliphatic carbocycles. The second kappa shape index (κ2) is 9.96. The van der Waals surface area contributed by atoms with Crippen LogP contribution in [0.5, 0.6) is 11.9 Å². The fraction of sp³-hybridized carbons (Fsp3) is 0.457. The lowest BCUT2D eigenvalue weighted by Gasteiger charge is -2.42. The number of hydrogen-bond donors (Lipinski definition) is 1. The Bertz CT molecular complexity index is 1910. The van der Waals surface area contributed by atoms with E-state index in [1.54, 1.807) is 0 Å². The molecular formula is C35H34F2N6O2. The topological polar surface area (TPSA) is 75.6 Å². The number of ether oxygens (including phenoxy) is 2. The van der Waals surface area contributed by atoms with Gasteiger partial charge in [0.1, 0.15) is 41.3 Å². The van der Waals surface area contributed by atoms with Crippen LogP contribution < -0.4 is 19.7 Å². The first-order valence-corrected chi connectivity index (χ1v) is 16.0. The molecule has 1 N–H and O–H groups in total. The van der Waals surface area contributed by atoms with Crippen LogP contribution in [0.15, 0.2) is 36.4 Å². The van der Waals surface area contributed by atoms with Crippen LogP contribution in [0.3, 0.4) is 0 Å². The fourth-order valence-corrected chi connectivity index (χ4v) is 8.84. The van der Waals surface area contributed by atoms with Crippen molar-refractivity contribution in [2.75, 3.05) is 31.1 Å². The fourth-order valence-electron chi connectivity index (χ4n) is 8.84. The molecule has 4 unspecified atom stereocenters. The van der Waals surface area contributed by atoms with Gasteiger partial charge in [0, 0.05) is 48.1 Å². The monoisotopic (exact) mass is 608 g/mol. The van der Waals surface area contributed by atoms with Crippen LogP contribution in [0.4, 0.5) is 14.6 Å². The minimum Gasteiger partial charge on any atom is -0.472 e. The van der Waals surface area contributed by atoms with Gasteiger partial charge >= 0.3 is 6.01 Å². The van der Waals surface area contributed by atoms with Gasteiger partial charge in [-0.2, -0.15) is 9.97 Å². The van der Waals surface area contributed by atoms with Gasteiger partial charge in [0.2, 0.25) is 5.88 Å². The Morgan fingerprint density at radius 2 is 2.00 bits per heavy atom. The first-order chi connectivity index (χ1) is 21.9. The van der Waals surface area contributed by atoms with E-state index in [0.29, 0.717) is 53.8 Å². The highest BCUT2D eigenvalue weighted by Gasteiger charge is 2.50. The zero-order chi connectivity index (χ0) is 30.4. The molecular weight excluding hydrogens is 574 g/mol. The molecule has 45 heavy (non-hydrogen) atoms. The van der Waals surface area contributed by atoms with Crippen molar-refractivity contribution in [3.63, 3.8) is 0 Å². The van der Waals surface area contributed by atoms with Gasteiger partial charge in [-0.15, -0.1) is 6.42 Å². The Labute approximate surface area is 260 Å². The molecule has 9 rings (SSSR count). The third-order valence-electron chi connectivity index (χ3n) is 10.8. The molecule has 0 spiro atoms. The molecule has 0 saturated carbocycles. The number of aromatic nitrogens is 3. The molecule has 8 nitrogen and oxygen atoms in total. The van der Waals surface area contributed by atoms with E-state index < -0.39 is 12.0 Å². The number of hydrogen-bond acceptors (Lipinski definition) is 8. The van der Waals surface area contributed by atoms with Crippen molar-refractivity contribution < 1.29 is 18.3 Å². The van der Waals surface area contributed by atoms with E-state index in [1.807, 2.05) is 43.3 Å². The molecule has 10 heteroatoms. The smallest absolute Gasteiger partial charge is 0.319 e. The number of terminal acetylenes is 1. The summed E-state index contributed by atoms with van der Waals surface area (Å²) in [4.78, 5) is 19.0. The number of halogens is 2. The molecule has 4 fully saturated rings. The van der Waals surface area contributed by atoms with Crippen molar-refractivity contribution in [3.05, 3.63) is 47.8 Å². The first-order valence-electron chi connectivity index (χ1n) is 16.0. The Balaban J connectivity index is 1.24. The minimum absolute atomic E-state index is 0.0351. The summed E-state index contributed by atoms with van der Waals surface area (Å²) in [6.07, 6.45) is 9.12. The van der Waals surface area contributed by atoms with Crippen molar-refractivity contribution in [1.29, 1.82) is 0 Å². The van der Waals surface area contributed by atoms with Gasteiger partial charge in [0.05, 0.1) is 11.6 Å². The van der Waals surface area contributed by atoms with E-state index in [-0.39, 0.29) is 47.6 Å². The number of alkyl halides is 1. The quantitative estimate of drug-likeness (QED) is 0.324. The molecule has 6 atom stereocenters. The molecule has 4 aromatic rings. The summed E-state index contributed by atoms with van der Waals surface area (Å²) >= 11 is 0. The Morgan fingerprint density at radius 3 is 2.87 bits per heavy atom. The summed E-state index contributed by atoms with van der Waals surface area (Å²) in [7, 11) is 0. The number of benzene rings is 2. The Morgan fingerprint density at radius 1 is 1.13 bits per heavy atom. The molecule has 7 heterocycles. The summed E-state index contributed by atoms with van der Waals surface area (Å²) in [5.41, 5.74) is 1.05. The molecule has 2 bridgehead atoms. The number of anilines is 1. The van der Waals surface area contributed by atoms with Crippen molar-refractivity contribution in [1.82, 2.24) is 25.2 Å². The van der Waals surface area contributed by atoms with Crippen LogP contribution >= 0.6 is 0 Å². The lowest BCUT2D eigenvalue weighted by atomic mass is 9.95. The highest BCUT2D eigenvalue weighted by molar-refractivity contribution is 6.03. The zero-order valence-corrected chi connectivity index (χ0v) is 25.1. The number of piperazine rings is 1. The number of pyridine rings is 1. The summed E-state index contributed by atoms with van der Waals surface area (Å²) in [6.45, 7) is 4.28. The third kappa shape index (κ3) is 4.06. The van der Waals surface area contributed by atoms with Crippen LogP contribution in [-0.4, -0.2) is 82.0 Å². The van der Waals surface area contributed by atoms with Gasteiger partial charge in [-0.1, -0.05) is 36.3 Å². The van der Waals surface area contributed by atoms with Gasteiger partial charge in [0.25, 0.3) is 0 Å². The molecule has 0 amide bonds. The van der Waals surface area contributed by atoms with Crippen LogP contribution in [0.2, 0.25) is 0 Å². The Hall–Kier alpha value is -4.07. The summed E-state index contributed by atoms with van der Waals surface area (Å²) in [5, 5.41) is 5.82. The second-order valence-corrected chi connectivity index (χ2v) is 13.4. The van der Waals surface area contributed by atoms with Gasteiger partial charge in [-0.3, -0.25) is 4.90 Å². The molecule has 5 aliphatic heterocycles. The van der Waals surface area contributed by atoms with Crippen LogP contribution in [-0.2, 0) is 0 Å². The molecule has 0 radical (unpaired) electrons. The van der Waals surface area contributed by atoms with Crippen molar-refractivity contribution in [2.24, 2.45) is 0 Å². The van der Waals surface area contributed by atoms with Gasteiger partial charge < -0.3 is 19.7 Å². The van der Waals surface area contributed by atoms with Crippen LogP contribution in [0.1, 0.15) is 44.6 Å². The SMILES string of the molecule is C#Cc1cccc2cccc(-c3nc4c5c(nc(OC[C@@]67CCCN6C[C@H](F)C7)nc5c3F)N3CC5CCC(N5)C3C(C)O4)c12. The average Bonchev–Trinajstić information content (AvgIpc) is 3.69. The molecule has 230 valence electrons. The maximum Gasteiger partial charge on any atom is 0.319 e. The zero-order valence-electron chi connectivity index (χ0n) is 25.1. The predicted octanol–water partition coefficient (Wildman–Crippen LogP) is 5.01. The van der Waals surface area contributed by atoms with E-state index in [0.717, 1.165) is 43.0 Å². The largest absolute Gasteiger partial charge is 0.472 e. The van der Waals surface area contributed by atoms with Crippen molar-refractivity contribution >= 4 is 27.5 Å². The lowest BCUT2D eigenvalue weighted by Crippen LogP contribution is -2.62. The maximum atomic E-state index is 17.0. The average molecular weight is 609 g/mol. The van der Waals surface area contributed by atoms with Gasteiger partial charge in [-0.05, 0) is 50.6 Å². The molecule has 5 aliphatic rings. The minimum atomic E-state index is -0.881. The summed E-state index contributed by atoms with van der Waals surface area (Å²) < 4.78 is 44.6. The van der Waals surface area contributed by atoms with Gasteiger partial charge in [0.15, 0.2) is 5.82 Å². The van der Waals surface area contributed by atoms with E-state index >= 15 is 4.39 Å². The molecule has 2 aromatic heterocycles. The van der Waals surface area contributed by atoms with Gasteiger partial charge in [-0.25, -0.2) is 13.8 Å². The van der Waals surface area contributed by atoms with E-state index in [4.69, 9.17) is 30.8 Å². The highest BCUT2D eigenvalue weighted by Crippen LogP contribution is 2.46. The van der Waals surface area contributed by atoms with E-state index in [1.165, 1.54) is 0 Å². The Kier molecular flexibility index (Phi) is 6.04. The molecule has 2 aromatic carbocycles. The normalized spacial score (nSPS) is 30.2. The third-order valence-corrected chi connectivity index (χ3v) is 10.8. The highest BCUT2D eigenvalue weighted by atomic mass is 19.1. The summed E-state index contributed by atoms with van der Waals surface area (Å²) in [5.74, 6) is 3.05. The standard InChI is InChI=1S/C35H34F2N6O2/c1-3-20-7-4-8-21-9-5-10-24(26(20)21)29-28(37)30-27-32(41-34(40-30)44-18-35-13-6-14-42(35)16-22(36)15-35)43-17-23-11-12-25(38-23)31(43)19(2)45-33(27)39-29/h1,4-5,7-10,19,22-23,25,31,38H,6,11-18H2,2H3/t19?,22-,23?,25?,31?,35+/m1/s1. The number of nitrogens with one attached hydrogen (secondary N) is 1. The van der Waals surface area contributed by atoms with E-state index in [2.05, 4.69) is 21.0 Å². The van der Waals surface area contributed by atoms with Crippen molar-refractivity contribution in [2.45, 2.75) is 75.0 Å². The van der Waals surface area contributed by atoms with Crippen molar-refractivity contribution in [3.8, 4) is 35.5 Å². The number of fused-ring (bicyclic) bond motifs is 7. The predicted molar refractivity (Wildman–Crippen MR) is 168 cm³/mol. The molecule has 4 saturated heterocycles. The second-order valence-electron chi connectivity index (χ2n) is 13.4. The van der Waals surface area contributed by atoms with Crippen LogP contribution in [0.25, 0.3) is 32.9 Å². The van der Waals surface area contributed by atoms with E-state index in [9.17, 15) is 4.39 Å². The summed E-state index contributed by atoms with van der Waals surface area (Å²) in [6, 6.07) is 11.9. The first kappa shape index (κ1) is 27.3. The number of nitrogens with zero attached hydrogens (tertiary/aromatic N) is 5. The lowest BCUT2D eigenvalue weighted by molar-refractivity contribution is 0.107. The van der Waals surface area contributed by atoms with Crippen LogP contribution in [0, 0.1) is 18.2 Å². The maximum absolute atomic E-state index is 17.0. The number of rotatable bonds is 4.